The van der Waals surface area contributed by atoms with Gasteiger partial charge >= 0.3 is 0 Å². The number of aromatic amines is 1. The van der Waals surface area contributed by atoms with Crippen molar-refractivity contribution in [2.75, 3.05) is 7.05 Å². The van der Waals surface area contributed by atoms with Gasteiger partial charge in [0, 0.05) is 13.2 Å². The number of nitrogens with two attached hydrogens (primary N) is 1. The molecular formula is C20H18N4O3. The summed E-state index contributed by atoms with van der Waals surface area (Å²) < 4.78 is 0. The van der Waals surface area contributed by atoms with Crippen LogP contribution >= 0.6 is 0 Å². The highest BCUT2D eigenvalue weighted by molar-refractivity contribution is 5.94. The van der Waals surface area contributed by atoms with Gasteiger partial charge < -0.3 is 15.6 Å². The summed E-state index contributed by atoms with van der Waals surface area (Å²) in [6, 6.07) is 18.7. The number of carbonyl (C=O) groups excluding carboxylic acids is 2. The van der Waals surface area contributed by atoms with Gasteiger partial charge in [0.25, 0.3) is 17.4 Å². The molecule has 0 saturated heterocycles. The van der Waals surface area contributed by atoms with Crippen LogP contribution in [0.5, 0.6) is 0 Å². The van der Waals surface area contributed by atoms with Crippen molar-refractivity contribution in [3.8, 4) is 0 Å². The average Bonchev–Trinajstić information content (AvgIpc) is 2.69. The van der Waals surface area contributed by atoms with Crippen LogP contribution in [0.25, 0.3) is 0 Å². The number of nitrogens with one attached hydrogen (secondary N) is 1. The normalized spacial score (nSPS) is 10.6. The number of benzene rings is 2. The van der Waals surface area contributed by atoms with E-state index in [-0.39, 0.29) is 17.4 Å². The van der Waals surface area contributed by atoms with Crippen molar-refractivity contribution in [1.29, 1.82) is 0 Å². The maximum atomic E-state index is 12.9. The highest BCUT2D eigenvalue weighted by Crippen LogP contribution is 2.28. The Morgan fingerprint density at radius 2 is 1.52 bits per heavy atom. The lowest BCUT2D eigenvalue weighted by Gasteiger charge is -2.28. The molecule has 27 heavy (non-hydrogen) atoms. The van der Waals surface area contributed by atoms with Crippen LogP contribution in [0.15, 0.2) is 71.7 Å². The second-order valence-corrected chi connectivity index (χ2v) is 5.98. The van der Waals surface area contributed by atoms with E-state index in [0.29, 0.717) is 0 Å². The summed E-state index contributed by atoms with van der Waals surface area (Å²) in [7, 11) is 1.63. The van der Waals surface area contributed by atoms with Crippen LogP contribution < -0.4 is 11.3 Å². The Labute approximate surface area is 155 Å². The second-order valence-electron chi connectivity index (χ2n) is 5.98. The molecule has 136 valence electrons. The van der Waals surface area contributed by atoms with Gasteiger partial charge in [-0.2, -0.15) is 0 Å². The number of hydrogen-bond donors (Lipinski definition) is 2. The number of amides is 2. The Morgan fingerprint density at radius 3 is 1.96 bits per heavy atom. The lowest BCUT2D eigenvalue weighted by Crippen LogP contribution is -2.35. The molecule has 3 aromatic rings. The Bertz CT molecular complexity index is 977. The summed E-state index contributed by atoms with van der Waals surface area (Å²) >= 11 is 0. The lowest BCUT2D eigenvalue weighted by molar-refractivity contribution is 0.0741. The molecule has 0 unspecified atom stereocenters. The zero-order chi connectivity index (χ0) is 19.4. The maximum absolute atomic E-state index is 12.9. The molecule has 0 aliphatic rings. The summed E-state index contributed by atoms with van der Waals surface area (Å²) in [5, 5.41) is 0. The fraction of sp³-hybridized carbons (Fsp3) is 0.100. The first-order valence-electron chi connectivity index (χ1n) is 8.25. The number of primary amides is 1. The van der Waals surface area contributed by atoms with Gasteiger partial charge in [0.1, 0.15) is 5.56 Å². The first-order chi connectivity index (χ1) is 13.0. The number of nitrogens with zero attached hydrogens (tertiary/aromatic N) is 2. The summed E-state index contributed by atoms with van der Waals surface area (Å²) in [5.41, 5.74) is 5.89. The minimum Gasteiger partial charge on any atom is -0.365 e. The molecule has 7 heteroatoms. The largest absolute Gasteiger partial charge is 0.365 e. The second kappa shape index (κ2) is 7.65. The van der Waals surface area contributed by atoms with Crippen molar-refractivity contribution in [3.05, 3.63) is 99.7 Å². The van der Waals surface area contributed by atoms with Gasteiger partial charge in [-0.1, -0.05) is 60.7 Å². The highest BCUT2D eigenvalue weighted by atomic mass is 16.2. The van der Waals surface area contributed by atoms with Crippen molar-refractivity contribution in [2.45, 2.75) is 6.04 Å². The van der Waals surface area contributed by atoms with E-state index >= 15 is 0 Å². The van der Waals surface area contributed by atoms with Gasteiger partial charge in [-0.05, 0) is 11.1 Å². The molecule has 0 radical (unpaired) electrons. The predicted octanol–water partition coefficient (Wildman–Crippen LogP) is 1.73. The molecule has 2 amide bonds. The zero-order valence-corrected chi connectivity index (χ0v) is 14.6. The lowest BCUT2D eigenvalue weighted by atomic mass is 9.97. The first-order valence-corrected chi connectivity index (χ1v) is 8.25. The van der Waals surface area contributed by atoms with Gasteiger partial charge in [0.2, 0.25) is 0 Å². The molecule has 0 aliphatic heterocycles. The van der Waals surface area contributed by atoms with Gasteiger partial charge in [-0.25, -0.2) is 4.98 Å². The average molecular weight is 362 g/mol. The smallest absolute Gasteiger partial charge is 0.290 e. The topological polar surface area (TPSA) is 109 Å². The Balaban J connectivity index is 2.00. The van der Waals surface area contributed by atoms with Crippen LogP contribution in [0.4, 0.5) is 0 Å². The highest BCUT2D eigenvalue weighted by Gasteiger charge is 2.26. The van der Waals surface area contributed by atoms with Crippen LogP contribution in [-0.4, -0.2) is 33.7 Å². The van der Waals surface area contributed by atoms with E-state index in [2.05, 4.69) is 9.97 Å². The number of hydrogen-bond acceptors (Lipinski definition) is 4. The van der Waals surface area contributed by atoms with Crippen molar-refractivity contribution in [2.24, 2.45) is 5.73 Å². The van der Waals surface area contributed by atoms with Crippen LogP contribution in [0.2, 0.25) is 0 Å². The van der Waals surface area contributed by atoms with Crippen molar-refractivity contribution < 1.29 is 9.59 Å². The Morgan fingerprint density at radius 1 is 1.00 bits per heavy atom. The summed E-state index contributed by atoms with van der Waals surface area (Å²) in [4.78, 5) is 43.8. The van der Waals surface area contributed by atoms with E-state index in [9.17, 15) is 14.4 Å². The monoisotopic (exact) mass is 362 g/mol. The number of carbonyl (C=O) groups is 2. The standard InChI is InChI=1S/C20H18N4O3/c1-24(20(27)18-22-12-15(17(21)25)19(26)23-18)16(13-8-4-2-5-9-13)14-10-6-3-7-11-14/h2-12,16H,1H3,(H2,21,25)(H,22,23,26). The number of rotatable bonds is 5. The Kier molecular flexibility index (Phi) is 5.12. The van der Waals surface area contributed by atoms with Crippen LogP contribution in [-0.2, 0) is 0 Å². The quantitative estimate of drug-likeness (QED) is 0.720. The van der Waals surface area contributed by atoms with E-state index < -0.39 is 17.4 Å². The molecule has 1 aromatic heterocycles. The Hall–Kier alpha value is -3.74. The fourth-order valence-electron chi connectivity index (χ4n) is 2.87. The maximum Gasteiger partial charge on any atom is 0.290 e. The zero-order valence-electron chi connectivity index (χ0n) is 14.6. The summed E-state index contributed by atoms with van der Waals surface area (Å²) in [5.74, 6) is -1.55. The van der Waals surface area contributed by atoms with Crippen molar-refractivity contribution in [3.63, 3.8) is 0 Å². The molecule has 0 aliphatic carbocycles. The third-order valence-electron chi connectivity index (χ3n) is 4.21. The molecule has 2 aromatic carbocycles. The van der Waals surface area contributed by atoms with E-state index in [1.807, 2.05) is 60.7 Å². The molecule has 3 N–H and O–H groups in total. The minimum atomic E-state index is -0.900. The molecule has 0 saturated carbocycles. The predicted molar refractivity (Wildman–Crippen MR) is 100 cm³/mol. The first kappa shape index (κ1) is 18.1. The van der Waals surface area contributed by atoms with E-state index in [1.165, 1.54) is 4.90 Å². The SMILES string of the molecule is CN(C(=O)c1ncc(C(N)=O)c(=O)[nH]1)C(c1ccccc1)c1ccccc1. The van der Waals surface area contributed by atoms with E-state index in [0.717, 1.165) is 17.3 Å². The van der Waals surface area contributed by atoms with Gasteiger partial charge in [-0.15, -0.1) is 0 Å². The number of aromatic nitrogens is 2. The van der Waals surface area contributed by atoms with E-state index in [4.69, 9.17) is 5.73 Å². The van der Waals surface area contributed by atoms with Crippen LogP contribution in [0.1, 0.15) is 38.1 Å². The molecule has 3 rings (SSSR count). The third kappa shape index (κ3) is 3.77. The van der Waals surface area contributed by atoms with Crippen LogP contribution in [0.3, 0.4) is 0 Å². The van der Waals surface area contributed by atoms with Crippen molar-refractivity contribution >= 4 is 11.8 Å². The third-order valence-corrected chi connectivity index (χ3v) is 4.21. The molecule has 1 heterocycles. The summed E-state index contributed by atoms with van der Waals surface area (Å²) in [6.45, 7) is 0. The minimum absolute atomic E-state index is 0.163. The molecule has 0 fully saturated rings. The molecule has 0 atom stereocenters. The van der Waals surface area contributed by atoms with Gasteiger partial charge in [0.15, 0.2) is 5.82 Å². The number of H-pyrrole nitrogens is 1. The van der Waals surface area contributed by atoms with Crippen LogP contribution in [0, 0.1) is 0 Å². The molecule has 7 nitrogen and oxygen atoms in total. The van der Waals surface area contributed by atoms with Gasteiger partial charge in [-0.3, -0.25) is 14.4 Å². The molecule has 0 spiro atoms. The molecule has 0 bridgehead atoms. The molecular weight excluding hydrogens is 344 g/mol. The fourth-order valence-corrected chi connectivity index (χ4v) is 2.87. The van der Waals surface area contributed by atoms with Gasteiger partial charge in [0.05, 0.1) is 6.04 Å². The van der Waals surface area contributed by atoms with E-state index in [1.54, 1.807) is 7.05 Å². The summed E-state index contributed by atoms with van der Waals surface area (Å²) in [6.07, 6.45) is 1.02. The van der Waals surface area contributed by atoms with Crippen molar-refractivity contribution in [1.82, 2.24) is 14.9 Å².